The Kier molecular flexibility index (Phi) is 3.16. The van der Waals surface area contributed by atoms with Crippen molar-refractivity contribution in [2.45, 2.75) is 25.7 Å². The lowest BCUT2D eigenvalue weighted by Crippen LogP contribution is -2.43. The number of nitrogens with two attached hydrogens (primary N) is 1. The highest BCUT2D eigenvalue weighted by Crippen LogP contribution is 2.08. The molecule has 1 heterocycles. The molecule has 1 fully saturated rings. The van der Waals surface area contributed by atoms with Crippen LogP contribution in [0.1, 0.15) is 25.7 Å². The van der Waals surface area contributed by atoms with Crippen LogP contribution < -0.4 is 11.3 Å². The van der Waals surface area contributed by atoms with Crippen molar-refractivity contribution in [2.75, 3.05) is 13.1 Å². The highest BCUT2D eigenvalue weighted by atomic mass is 16.2. The molecule has 4 nitrogen and oxygen atoms in total. The van der Waals surface area contributed by atoms with Crippen LogP contribution in [0.15, 0.2) is 0 Å². The molecule has 0 bridgehead atoms. The third-order valence-electron chi connectivity index (χ3n) is 2.02. The van der Waals surface area contributed by atoms with Crippen molar-refractivity contribution in [3.8, 4) is 0 Å². The van der Waals surface area contributed by atoms with Crippen LogP contribution in [-0.2, 0) is 0 Å². The second kappa shape index (κ2) is 4.18. The van der Waals surface area contributed by atoms with Crippen LogP contribution in [0.3, 0.4) is 0 Å². The molecule has 0 atom stereocenters. The minimum atomic E-state index is -0.146. The molecule has 1 aliphatic heterocycles. The van der Waals surface area contributed by atoms with Crippen molar-refractivity contribution in [3.63, 3.8) is 0 Å². The van der Waals surface area contributed by atoms with Crippen LogP contribution >= 0.6 is 0 Å². The molecule has 0 aromatic carbocycles. The van der Waals surface area contributed by atoms with E-state index in [1.54, 1.807) is 4.90 Å². The number of carbonyl (C=O) groups excluding carboxylic acids is 1. The molecule has 64 valence electrons. The number of hydrazine groups is 1. The molecule has 1 aliphatic rings. The summed E-state index contributed by atoms with van der Waals surface area (Å²) in [6.07, 6.45) is 4.67. The fraction of sp³-hybridized carbons (Fsp3) is 0.857. The van der Waals surface area contributed by atoms with Crippen LogP contribution in [0.2, 0.25) is 0 Å². The molecular formula is C7H15N3O. The molecule has 1 rings (SSSR count). The maximum Gasteiger partial charge on any atom is 0.331 e. The van der Waals surface area contributed by atoms with Crippen molar-refractivity contribution < 1.29 is 4.79 Å². The summed E-state index contributed by atoms with van der Waals surface area (Å²) < 4.78 is 0. The number of carbonyl (C=O) groups is 1. The monoisotopic (exact) mass is 157 g/mol. The van der Waals surface area contributed by atoms with Crippen LogP contribution in [0.5, 0.6) is 0 Å². The van der Waals surface area contributed by atoms with Crippen molar-refractivity contribution >= 4 is 6.03 Å². The SMILES string of the molecule is NNC(=O)N1CCCCCC1. The topological polar surface area (TPSA) is 58.4 Å². The zero-order valence-electron chi connectivity index (χ0n) is 6.68. The van der Waals surface area contributed by atoms with E-state index in [2.05, 4.69) is 5.43 Å². The molecule has 0 aliphatic carbocycles. The van der Waals surface area contributed by atoms with Gasteiger partial charge in [-0.1, -0.05) is 12.8 Å². The molecule has 1 saturated heterocycles. The van der Waals surface area contributed by atoms with Crippen molar-refractivity contribution in [3.05, 3.63) is 0 Å². The summed E-state index contributed by atoms with van der Waals surface area (Å²) in [5, 5.41) is 0. The fourth-order valence-corrected chi connectivity index (χ4v) is 1.37. The molecule has 0 saturated carbocycles. The molecule has 0 aromatic heterocycles. The Hall–Kier alpha value is -0.770. The van der Waals surface area contributed by atoms with Gasteiger partial charge in [-0.15, -0.1) is 0 Å². The van der Waals surface area contributed by atoms with Crippen LogP contribution in [0.4, 0.5) is 4.79 Å². The maximum atomic E-state index is 11.0. The Morgan fingerprint density at radius 1 is 1.18 bits per heavy atom. The highest BCUT2D eigenvalue weighted by molar-refractivity contribution is 5.73. The average Bonchev–Trinajstić information content (AvgIpc) is 2.30. The lowest BCUT2D eigenvalue weighted by Gasteiger charge is -2.18. The number of amides is 2. The summed E-state index contributed by atoms with van der Waals surface area (Å²) in [6, 6.07) is -0.146. The highest BCUT2D eigenvalue weighted by Gasteiger charge is 2.13. The van der Waals surface area contributed by atoms with Gasteiger partial charge in [0.25, 0.3) is 0 Å². The standard InChI is InChI=1S/C7H15N3O/c8-9-7(11)10-5-3-1-2-4-6-10/h1-6,8H2,(H,9,11). The zero-order valence-corrected chi connectivity index (χ0v) is 6.68. The summed E-state index contributed by atoms with van der Waals surface area (Å²) in [5.74, 6) is 5.01. The van der Waals surface area contributed by atoms with Gasteiger partial charge < -0.3 is 4.90 Å². The fourth-order valence-electron chi connectivity index (χ4n) is 1.37. The smallest absolute Gasteiger partial charge is 0.324 e. The summed E-state index contributed by atoms with van der Waals surface area (Å²) in [6.45, 7) is 1.70. The van der Waals surface area contributed by atoms with E-state index in [0.29, 0.717) is 0 Å². The van der Waals surface area contributed by atoms with Crippen molar-refractivity contribution in [2.24, 2.45) is 5.84 Å². The van der Waals surface area contributed by atoms with E-state index >= 15 is 0 Å². The van der Waals surface area contributed by atoms with Gasteiger partial charge in [-0.3, -0.25) is 5.43 Å². The first-order valence-electron chi connectivity index (χ1n) is 4.10. The van der Waals surface area contributed by atoms with E-state index in [1.165, 1.54) is 12.8 Å². The molecular weight excluding hydrogens is 142 g/mol. The predicted molar refractivity (Wildman–Crippen MR) is 42.8 cm³/mol. The molecule has 0 unspecified atom stereocenters. The number of hydrogen-bond donors (Lipinski definition) is 2. The van der Waals surface area contributed by atoms with E-state index in [4.69, 9.17) is 5.84 Å². The molecule has 4 heteroatoms. The van der Waals surface area contributed by atoms with Crippen LogP contribution in [0.25, 0.3) is 0 Å². The van der Waals surface area contributed by atoms with Gasteiger partial charge in [-0.25, -0.2) is 10.6 Å². The molecule has 3 N–H and O–H groups in total. The van der Waals surface area contributed by atoms with Gasteiger partial charge in [0.05, 0.1) is 0 Å². The minimum absolute atomic E-state index is 0.146. The zero-order chi connectivity index (χ0) is 8.10. The largest absolute Gasteiger partial charge is 0.331 e. The number of hydrogen-bond acceptors (Lipinski definition) is 2. The Bertz CT molecular complexity index is 130. The summed E-state index contributed by atoms with van der Waals surface area (Å²) in [4.78, 5) is 12.8. The first-order valence-corrected chi connectivity index (χ1v) is 4.10. The quantitative estimate of drug-likeness (QED) is 0.304. The van der Waals surface area contributed by atoms with Gasteiger partial charge in [0.2, 0.25) is 0 Å². The summed E-state index contributed by atoms with van der Waals surface area (Å²) in [5.41, 5.74) is 2.15. The van der Waals surface area contributed by atoms with Gasteiger partial charge in [0, 0.05) is 13.1 Å². The van der Waals surface area contributed by atoms with E-state index < -0.39 is 0 Å². The van der Waals surface area contributed by atoms with Crippen molar-refractivity contribution in [1.29, 1.82) is 0 Å². The normalized spacial score (nSPS) is 19.2. The van der Waals surface area contributed by atoms with E-state index in [1.807, 2.05) is 0 Å². The first kappa shape index (κ1) is 8.33. The van der Waals surface area contributed by atoms with Crippen LogP contribution in [0, 0.1) is 0 Å². The first-order chi connectivity index (χ1) is 5.34. The second-order valence-electron chi connectivity index (χ2n) is 2.85. The second-order valence-corrected chi connectivity index (χ2v) is 2.85. The minimum Gasteiger partial charge on any atom is -0.324 e. The Labute approximate surface area is 66.7 Å². The number of nitrogens with one attached hydrogen (secondary N) is 1. The Balaban J connectivity index is 2.36. The Morgan fingerprint density at radius 2 is 1.73 bits per heavy atom. The average molecular weight is 157 g/mol. The van der Waals surface area contributed by atoms with Crippen molar-refractivity contribution in [1.82, 2.24) is 10.3 Å². The van der Waals surface area contributed by atoms with E-state index in [9.17, 15) is 4.79 Å². The van der Waals surface area contributed by atoms with Crippen LogP contribution in [-0.4, -0.2) is 24.0 Å². The maximum absolute atomic E-state index is 11.0. The third-order valence-corrected chi connectivity index (χ3v) is 2.02. The number of rotatable bonds is 0. The predicted octanol–water partition coefficient (Wildman–Crippen LogP) is 0.446. The lowest BCUT2D eigenvalue weighted by atomic mass is 10.2. The van der Waals surface area contributed by atoms with Gasteiger partial charge in [0.15, 0.2) is 0 Å². The molecule has 0 spiro atoms. The molecule has 0 radical (unpaired) electrons. The van der Waals surface area contributed by atoms with Gasteiger partial charge in [0.1, 0.15) is 0 Å². The lowest BCUT2D eigenvalue weighted by molar-refractivity contribution is 0.200. The Morgan fingerprint density at radius 3 is 2.18 bits per heavy atom. The molecule has 11 heavy (non-hydrogen) atoms. The summed E-state index contributed by atoms with van der Waals surface area (Å²) >= 11 is 0. The number of nitrogens with zero attached hydrogens (tertiary/aromatic N) is 1. The summed E-state index contributed by atoms with van der Waals surface area (Å²) in [7, 11) is 0. The molecule has 0 aromatic rings. The van der Waals surface area contributed by atoms with Gasteiger partial charge >= 0.3 is 6.03 Å². The molecule has 2 amide bonds. The van der Waals surface area contributed by atoms with Gasteiger partial charge in [-0.2, -0.15) is 0 Å². The number of urea groups is 1. The van der Waals surface area contributed by atoms with Gasteiger partial charge in [-0.05, 0) is 12.8 Å². The number of likely N-dealkylation sites (tertiary alicyclic amines) is 1. The van der Waals surface area contributed by atoms with E-state index in [-0.39, 0.29) is 6.03 Å². The third kappa shape index (κ3) is 2.38. The van der Waals surface area contributed by atoms with E-state index in [0.717, 1.165) is 25.9 Å².